The molecule has 7 heteroatoms. The van der Waals surface area contributed by atoms with E-state index in [-0.39, 0.29) is 15.9 Å². The van der Waals surface area contributed by atoms with Crippen molar-refractivity contribution in [1.82, 2.24) is 9.97 Å². The zero-order valence-electron chi connectivity index (χ0n) is 7.23. The van der Waals surface area contributed by atoms with E-state index < -0.39 is 16.2 Å². The monoisotopic (exact) mass is 225 g/mol. The van der Waals surface area contributed by atoms with Gasteiger partial charge in [0.05, 0.1) is 16.8 Å². The molecule has 0 saturated carbocycles. The minimum atomic E-state index is -0.693. The van der Waals surface area contributed by atoms with Crippen LogP contribution in [0.2, 0.25) is 5.02 Å². The fourth-order valence-corrected chi connectivity index (χ4v) is 1.52. The van der Waals surface area contributed by atoms with E-state index in [9.17, 15) is 14.9 Å². The van der Waals surface area contributed by atoms with Crippen LogP contribution in [0.15, 0.2) is 23.3 Å². The highest BCUT2D eigenvalue weighted by Crippen LogP contribution is 2.29. The second-order valence-corrected chi connectivity index (χ2v) is 3.19. The molecule has 0 aliphatic rings. The maximum atomic E-state index is 11.4. The Labute approximate surface area is 87.7 Å². The maximum absolute atomic E-state index is 11.4. The third kappa shape index (κ3) is 1.44. The average Bonchev–Trinajstić information content (AvgIpc) is 2.18. The molecule has 0 fully saturated rings. The van der Waals surface area contributed by atoms with E-state index in [4.69, 9.17) is 11.6 Å². The summed E-state index contributed by atoms with van der Waals surface area (Å²) >= 11 is 5.65. The summed E-state index contributed by atoms with van der Waals surface area (Å²) in [7, 11) is 0. The van der Waals surface area contributed by atoms with Crippen LogP contribution in [0.4, 0.5) is 5.69 Å². The number of hydrogen-bond acceptors (Lipinski definition) is 4. The molecule has 1 aromatic carbocycles. The van der Waals surface area contributed by atoms with Crippen molar-refractivity contribution in [2.24, 2.45) is 0 Å². The van der Waals surface area contributed by atoms with Gasteiger partial charge in [0.15, 0.2) is 0 Å². The summed E-state index contributed by atoms with van der Waals surface area (Å²) in [6, 6.07) is 2.80. The Hall–Kier alpha value is -1.95. The van der Waals surface area contributed by atoms with Crippen molar-refractivity contribution in [3.63, 3.8) is 0 Å². The molecule has 0 unspecified atom stereocenters. The lowest BCUT2D eigenvalue weighted by molar-refractivity contribution is -0.383. The molecule has 0 saturated heterocycles. The number of benzene rings is 1. The Morgan fingerprint density at radius 3 is 2.87 bits per heavy atom. The van der Waals surface area contributed by atoms with Crippen LogP contribution in [-0.4, -0.2) is 14.9 Å². The molecule has 15 heavy (non-hydrogen) atoms. The van der Waals surface area contributed by atoms with E-state index in [0.717, 1.165) is 0 Å². The zero-order valence-corrected chi connectivity index (χ0v) is 7.99. The van der Waals surface area contributed by atoms with Gasteiger partial charge in [0, 0.05) is 0 Å². The van der Waals surface area contributed by atoms with Gasteiger partial charge in [0.1, 0.15) is 10.4 Å². The third-order valence-corrected chi connectivity index (χ3v) is 2.22. The highest BCUT2D eigenvalue weighted by Gasteiger charge is 2.20. The van der Waals surface area contributed by atoms with Crippen molar-refractivity contribution in [2.45, 2.75) is 0 Å². The molecule has 6 nitrogen and oxygen atoms in total. The van der Waals surface area contributed by atoms with E-state index in [1.165, 1.54) is 18.5 Å². The molecule has 0 aliphatic carbocycles. The van der Waals surface area contributed by atoms with Crippen molar-refractivity contribution in [3.8, 4) is 0 Å². The molecule has 1 heterocycles. The Morgan fingerprint density at radius 1 is 1.47 bits per heavy atom. The molecule has 1 N–H and O–H groups in total. The first kappa shape index (κ1) is 9.60. The van der Waals surface area contributed by atoms with Gasteiger partial charge in [-0.25, -0.2) is 4.98 Å². The minimum absolute atomic E-state index is 0.0778. The molecule has 0 amide bonds. The lowest BCUT2D eigenvalue weighted by atomic mass is 10.2. The van der Waals surface area contributed by atoms with E-state index in [1.54, 1.807) is 0 Å². The van der Waals surface area contributed by atoms with Crippen LogP contribution >= 0.6 is 11.6 Å². The topological polar surface area (TPSA) is 88.9 Å². The Bertz CT molecular complexity index is 608. The highest BCUT2D eigenvalue weighted by atomic mass is 35.5. The zero-order chi connectivity index (χ0) is 11.0. The number of nitro benzene ring substituents is 1. The van der Waals surface area contributed by atoms with Gasteiger partial charge in [-0.05, 0) is 12.1 Å². The number of halogens is 1. The van der Waals surface area contributed by atoms with Crippen molar-refractivity contribution < 1.29 is 4.92 Å². The molecule has 2 rings (SSSR count). The molecule has 0 radical (unpaired) electrons. The van der Waals surface area contributed by atoms with Crippen molar-refractivity contribution in [2.75, 3.05) is 0 Å². The number of fused-ring (bicyclic) bond motifs is 1. The first-order chi connectivity index (χ1) is 7.11. The average molecular weight is 226 g/mol. The first-order valence-corrected chi connectivity index (χ1v) is 4.29. The van der Waals surface area contributed by atoms with Crippen LogP contribution in [0.25, 0.3) is 10.9 Å². The van der Waals surface area contributed by atoms with Gasteiger partial charge < -0.3 is 4.98 Å². The number of aromatic nitrogens is 2. The number of nitrogens with zero attached hydrogens (tertiary/aromatic N) is 2. The molecular weight excluding hydrogens is 222 g/mol. The van der Waals surface area contributed by atoms with Gasteiger partial charge in [-0.15, -0.1) is 0 Å². The standard InChI is InChI=1S/C8H4ClN3O3/c9-4-1-2-5-6(7(4)12(14)15)8(13)11-3-10-5/h1-3H,(H,10,11,13). The predicted molar refractivity (Wildman–Crippen MR) is 54.0 cm³/mol. The third-order valence-electron chi connectivity index (χ3n) is 1.92. The normalized spacial score (nSPS) is 10.5. The fraction of sp³-hybridized carbons (Fsp3) is 0. The number of nitrogens with one attached hydrogen (secondary N) is 1. The summed E-state index contributed by atoms with van der Waals surface area (Å²) in [6.07, 6.45) is 1.18. The van der Waals surface area contributed by atoms with Crippen LogP contribution in [0, 0.1) is 10.1 Å². The van der Waals surface area contributed by atoms with E-state index >= 15 is 0 Å². The van der Waals surface area contributed by atoms with Crippen molar-refractivity contribution >= 4 is 28.2 Å². The largest absolute Gasteiger partial charge is 0.312 e. The van der Waals surface area contributed by atoms with Gasteiger partial charge in [-0.3, -0.25) is 14.9 Å². The molecule has 0 spiro atoms. The summed E-state index contributed by atoms with van der Waals surface area (Å²) in [6.45, 7) is 0. The van der Waals surface area contributed by atoms with E-state index in [0.29, 0.717) is 0 Å². The number of hydrogen-bond donors (Lipinski definition) is 1. The molecule has 2 aromatic rings. The summed E-state index contributed by atoms with van der Waals surface area (Å²) in [5.41, 5.74) is -0.743. The summed E-state index contributed by atoms with van der Waals surface area (Å²) in [5, 5.41) is 10.5. The summed E-state index contributed by atoms with van der Waals surface area (Å²) in [5.74, 6) is 0. The number of rotatable bonds is 1. The molecule has 0 bridgehead atoms. The van der Waals surface area contributed by atoms with Gasteiger partial charge in [-0.2, -0.15) is 0 Å². The van der Waals surface area contributed by atoms with Crippen LogP contribution < -0.4 is 5.56 Å². The number of aromatic amines is 1. The first-order valence-electron chi connectivity index (χ1n) is 3.91. The predicted octanol–water partition coefficient (Wildman–Crippen LogP) is 1.48. The van der Waals surface area contributed by atoms with Crippen LogP contribution in [0.5, 0.6) is 0 Å². The molecule has 76 valence electrons. The van der Waals surface area contributed by atoms with Crippen molar-refractivity contribution in [3.05, 3.63) is 44.0 Å². The van der Waals surface area contributed by atoms with Crippen LogP contribution in [0.1, 0.15) is 0 Å². The minimum Gasteiger partial charge on any atom is -0.312 e. The molecule has 0 atom stereocenters. The number of H-pyrrole nitrogens is 1. The smallest absolute Gasteiger partial charge is 0.302 e. The highest BCUT2D eigenvalue weighted by molar-refractivity contribution is 6.34. The second-order valence-electron chi connectivity index (χ2n) is 2.78. The molecule has 0 aliphatic heterocycles. The fourth-order valence-electron chi connectivity index (χ4n) is 1.30. The van der Waals surface area contributed by atoms with E-state index in [1.807, 2.05) is 0 Å². The van der Waals surface area contributed by atoms with Gasteiger partial charge in [0.2, 0.25) is 0 Å². The van der Waals surface area contributed by atoms with Gasteiger partial charge in [0.25, 0.3) is 5.56 Å². The quantitative estimate of drug-likeness (QED) is 0.588. The van der Waals surface area contributed by atoms with Crippen molar-refractivity contribution in [1.29, 1.82) is 0 Å². The SMILES string of the molecule is O=c1[nH]cnc2ccc(Cl)c([N+](=O)[O-])c12. The van der Waals surface area contributed by atoms with Crippen LogP contribution in [-0.2, 0) is 0 Å². The van der Waals surface area contributed by atoms with Gasteiger partial charge in [-0.1, -0.05) is 11.6 Å². The molecular formula is C8H4ClN3O3. The van der Waals surface area contributed by atoms with Crippen LogP contribution in [0.3, 0.4) is 0 Å². The van der Waals surface area contributed by atoms with E-state index in [2.05, 4.69) is 9.97 Å². The number of nitro groups is 1. The summed E-state index contributed by atoms with van der Waals surface area (Å²) in [4.78, 5) is 27.5. The summed E-state index contributed by atoms with van der Waals surface area (Å²) < 4.78 is 0. The Balaban J connectivity index is 3.04. The Kier molecular flexibility index (Phi) is 2.12. The van der Waals surface area contributed by atoms with Gasteiger partial charge >= 0.3 is 5.69 Å². The maximum Gasteiger partial charge on any atom is 0.302 e. The molecule has 1 aromatic heterocycles. The lowest BCUT2D eigenvalue weighted by Gasteiger charge is -1.98. The lowest BCUT2D eigenvalue weighted by Crippen LogP contribution is -2.08. The second kappa shape index (κ2) is 3.32. The Morgan fingerprint density at radius 2 is 2.20 bits per heavy atom.